The van der Waals surface area contributed by atoms with Gasteiger partial charge in [0.1, 0.15) is 25.9 Å². The number of carboxylic acids is 1. The molecule has 1 aromatic rings. The number of esters is 2. The Kier molecular flexibility index (Phi) is 9.19. The van der Waals surface area contributed by atoms with Crippen molar-refractivity contribution in [1.29, 1.82) is 0 Å². The molecule has 0 aliphatic rings. The molecule has 0 aliphatic carbocycles. The van der Waals surface area contributed by atoms with Gasteiger partial charge in [0.2, 0.25) is 5.78 Å². The molecule has 0 bridgehead atoms. The number of ether oxygens (including phenoxy) is 2. The second-order valence-corrected chi connectivity index (χ2v) is 5.93. The van der Waals surface area contributed by atoms with Crippen LogP contribution in [0.15, 0.2) is 18.2 Å². The predicted molar refractivity (Wildman–Crippen MR) is 93.3 cm³/mol. The molecule has 1 aromatic carbocycles. The fourth-order valence-electron chi connectivity index (χ4n) is 2.10. The van der Waals surface area contributed by atoms with Crippen LogP contribution >= 0.6 is 0 Å². The highest BCUT2D eigenvalue weighted by Gasteiger charge is 2.15. The summed E-state index contributed by atoms with van der Waals surface area (Å²) in [6.45, 7) is 0.154. The first-order valence-corrected chi connectivity index (χ1v) is 8.29. The minimum Gasteiger partial charge on any atom is -0.480 e. The topological polar surface area (TPSA) is 185 Å². The summed E-state index contributed by atoms with van der Waals surface area (Å²) in [5.41, 5.74) is 6.46. The van der Waals surface area contributed by atoms with Crippen LogP contribution in [-0.2, 0) is 53.3 Å². The third-order valence-corrected chi connectivity index (χ3v) is 3.48. The molecule has 0 unspecified atom stereocenters. The lowest BCUT2D eigenvalue weighted by Gasteiger charge is -2.11. The SMILES string of the molecule is CC(=O)C(=O)OCc1cc(COC(=O)CC[C@H](N)C(=O)O)cc(CO[N+](=O)[O-])c1. The Morgan fingerprint density at radius 2 is 1.59 bits per heavy atom. The van der Waals surface area contributed by atoms with Crippen LogP contribution in [0.3, 0.4) is 0 Å². The van der Waals surface area contributed by atoms with Gasteiger partial charge in [0.05, 0.1) is 0 Å². The van der Waals surface area contributed by atoms with Crippen LogP contribution < -0.4 is 5.73 Å². The van der Waals surface area contributed by atoms with Gasteiger partial charge in [-0.1, -0.05) is 12.1 Å². The number of nitrogens with zero attached hydrogens (tertiary/aromatic N) is 1. The number of aliphatic carboxylic acids is 1. The first-order valence-electron chi connectivity index (χ1n) is 8.29. The molecule has 0 spiro atoms. The lowest BCUT2D eigenvalue weighted by molar-refractivity contribution is -0.763. The Morgan fingerprint density at radius 1 is 1.07 bits per heavy atom. The van der Waals surface area contributed by atoms with Gasteiger partial charge in [0.25, 0.3) is 5.09 Å². The van der Waals surface area contributed by atoms with Crippen LogP contribution in [-0.4, -0.2) is 39.9 Å². The largest absolute Gasteiger partial charge is 0.480 e. The van der Waals surface area contributed by atoms with E-state index in [4.69, 9.17) is 20.3 Å². The van der Waals surface area contributed by atoms with E-state index >= 15 is 0 Å². The summed E-state index contributed by atoms with van der Waals surface area (Å²) in [6, 6.07) is 3.27. The molecule has 0 fully saturated rings. The van der Waals surface area contributed by atoms with E-state index in [1.54, 1.807) is 0 Å². The first kappa shape index (κ1) is 23.5. The maximum atomic E-state index is 11.7. The van der Waals surface area contributed by atoms with Crippen molar-refractivity contribution in [1.82, 2.24) is 0 Å². The molecule has 1 atom stereocenters. The fraction of sp³-hybridized carbons (Fsp3) is 0.412. The standard InChI is InChI=1S/C17H20N2O10/c1-10(20)17(24)28-8-12-4-11(5-13(6-12)9-29-19(25)26)7-27-15(21)3-2-14(18)16(22)23/h4-6,14H,2-3,7-9,18H2,1H3,(H,22,23)/t14-/m0/s1. The van der Waals surface area contributed by atoms with E-state index in [1.807, 2.05) is 0 Å². The summed E-state index contributed by atoms with van der Waals surface area (Å²) >= 11 is 0. The number of rotatable bonds is 12. The van der Waals surface area contributed by atoms with Crippen molar-refractivity contribution in [2.24, 2.45) is 5.73 Å². The maximum Gasteiger partial charge on any atom is 0.374 e. The summed E-state index contributed by atoms with van der Waals surface area (Å²) in [6.07, 6.45) is -0.308. The highest BCUT2D eigenvalue weighted by atomic mass is 16.9. The van der Waals surface area contributed by atoms with Gasteiger partial charge < -0.3 is 25.2 Å². The first-order chi connectivity index (χ1) is 13.6. The molecule has 12 nitrogen and oxygen atoms in total. The van der Waals surface area contributed by atoms with E-state index < -0.39 is 41.4 Å². The molecule has 158 valence electrons. The van der Waals surface area contributed by atoms with Crippen molar-refractivity contribution >= 4 is 23.7 Å². The molecule has 0 heterocycles. The Labute approximate surface area is 164 Å². The normalized spacial score (nSPS) is 11.2. The zero-order valence-corrected chi connectivity index (χ0v) is 15.5. The van der Waals surface area contributed by atoms with Crippen LogP contribution in [0.4, 0.5) is 0 Å². The molecular formula is C17H20N2O10. The summed E-state index contributed by atoms with van der Waals surface area (Å²) in [5.74, 6) is -3.74. The van der Waals surface area contributed by atoms with Crippen LogP contribution in [0.25, 0.3) is 0 Å². The number of carbonyl (C=O) groups is 4. The molecule has 3 N–H and O–H groups in total. The van der Waals surface area contributed by atoms with Gasteiger partial charge in [-0.15, -0.1) is 10.1 Å². The molecule has 0 aromatic heterocycles. The highest BCUT2D eigenvalue weighted by Crippen LogP contribution is 2.15. The highest BCUT2D eigenvalue weighted by molar-refractivity contribution is 6.32. The van der Waals surface area contributed by atoms with Crippen LogP contribution in [0.1, 0.15) is 36.5 Å². The number of hydrogen-bond donors (Lipinski definition) is 2. The average molecular weight is 412 g/mol. The molecule has 12 heteroatoms. The molecule has 29 heavy (non-hydrogen) atoms. The zero-order chi connectivity index (χ0) is 22.0. The van der Waals surface area contributed by atoms with Gasteiger partial charge in [-0.3, -0.25) is 14.4 Å². The fourth-order valence-corrected chi connectivity index (χ4v) is 2.10. The molecule has 0 saturated carbocycles. The average Bonchev–Trinajstić information content (AvgIpc) is 2.66. The zero-order valence-electron chi connectivity index (χ0n) is 15.5. The number of ketones is 1. The van der Waals surface area contributed by atoms with Gasteiger partial charge >= 0.3 is 17.9 Å². The monoisotopic (exact) mass is 412 g/mol. The van der Waals surface area contributed by atoms with E-state index in [9.17, 15) is 29.3 Å². The molecule has 0 aliphatic heterocycles. The molecular weight excluding hydrogens is 392 g/mol. The minimum atomic E-state index is -1.24. The van der Waals surface area contributed by atoms with Gasteiger partial charge in [0.15, 0.2) is 0 Å². The predicted octanol–water partition coefficient (Wildman–Crippen LogP) is 0.262. The molecule has 0 radical (unpaired) electrons. The lowest BCUT2D eigenvalue weighted by Crippen LogP contribution is -2.30. The molecule has 0 saturated heterocycles. The number of hydrogen-bond acceptors (Lipinski definition) is 10. The van der Waals surface area contributed by atoms with Crippen molar-refractivity contribution in [3.8, 4) is 0 Å². The van der Waals surface area contributed by atoms with Crippen molar-refractivity contribution in [2.75, 3.05) is 0 Å². The van der Waals surface area contributed by atoms with Gasteiger partial charge in [0, 0.05) is 13.3 Å². The molecule has 0 amide bonds. The number of Topliss-reactive ketones (excluding diaryl/α,β-unsaturated/α-hetero) is 1. The minimum absolute atomic E-state index is 0.100. The van der Waals surface area contributed by atoms with Crippen molar-refractivity contribution in [2.45, 2.75) is 45.6 Å². The summed E-state index contributed by atoms with van der Waals surface area (Å²) in [4.78, 5) is 59.3. The van der Waals surface area contributed by atoms with Crippen molar-refractivity contribution < 1.29 is 43.7 Å². The van der Waals surface area contributed by atoms with Crippen molar-refractivity contribution in [3.63, 3.8) is 0 Å². The van der Waals surface area contributed by atoms with E-state index in [2.05, 4.69) is 4.84 Å². The second-order valence-electron chi connectivity index (χ2n) is 5.93. The second kappa shape index (κ2) is 11.3. The van der Waals surface area contributed by atoms with Gasteiger partial charge in [-0.25, -0.2) is 4.79 Å². The summed E-state index contributed by atoms with van der Waals surface area (Å²) in [7, 11) is 0. The van der Waals surface area contributed by atoms with Gasteiger partial charge in [-0.2, -0.15) is 0 Å². The Hall–Kier alpha value is -3.54. The van der Waals surface area contributed by atoms with E-state index in [-0.39, 0.29) is 26.1 Å². The number of nitrogens with two attached hydrogens (primary N) is 1. The number of carbonyl (C=O) groups excluding carboxylic acids is 3. The number of benzene rings is 1. The third kappa shape index (κ3) is 9.28. The van der Waals surface area contributed by atoms with Crippen LogP contribution in [0, 0.1) is 10.1 Å². The quantitative estimate of drug-likeness (QED) is 0.207. The summed E-state index contributed by atoms with van der Waals surface area (Å²) in [5, 5.41) is 18.1. The summed E-state index contributed by atoms with van der Waals surface area (Å²) < 4.78 is 9.83. The Morgan fingerprint density at radius 3 is 2.07 bits per heavy atom. The van der Waals surface area contributed by atoms with Crippen LogP contribution in [0.5, 0.6) is 0 Å². The third-order valence-electron chi connectivity index (χ3n) is 3.48. The Balaban J connectivity index is 2.78. The van der Waals surface area contributed by atoms with Gasteiger partial charge in [-0.05, 0) is 29.2 Å². The van der Waals surface area contributed by atoms with E-state index in [1.165, 1.54) is 18.2 Å². The van der Waals surface area contributed by atoms with E-state index in [0.29, 0.717) is 16.7 Å². The maximum absolute atomic E-state index is 11.7. The smallest absolute Gasteiger partial charge is 0.374 e. The van der Waals surface area contributed by atoms with Crippen LogP contribution in [0.2, 0.25) is 0 Å². The van der Waals surface area contributed by atoms with E-state index in [0.717, 1.165) is 6.92 Å². The lowest BCUT2D eigenvalue weighted by atomic mass is 10.1. The number of carboxylic acid groups (broad SMARTS) is 1. The Bertz CT molecular complexity index is 792. The molecule has 1 rings (SSSR count). The van der Waals surface area contributed by atoms with Crippen molar-refractivity contribution in [3.05, 3.63) is 45.0 Å².